The number of nitrogens with two attached hydrogens (primary N) is 1. The molecule has 3 atom stereocenters. The van der Waals surface area contributed by atoms with Crippen LogP contribution >= 0.6 is 0 Å². The van der Waals surface area contributed by atoms with E-state index in [0.29, 0.717) is 24.3 Å². The molecule has 0 spiro atoms. The van der Waals surface area contributed by atoms with Crippen molar-refractivity contribution < 1.29 is 4.79 Å². The first kappa shape index (κ1) is 8.05. The number of rotatable bonds is 0. The maximum absolute atomic E-state index is 11.1. The minimum absolute atomic E-state index is 0.213. The Kier molecular flexibility index (Phi) is 2.05. The molecular formula is C9H16N2O. The molecular weight excluding hydrogens is 152 g/mol. The van der Waals surface area contributed by atoms with Crippen LogP contribution < -0.4 is 11.1 Å². The van der Waals surface area contributed by atoms with Crippen molar-refractivity contribution in [3.63, 3.8) is 0 Å². The summed E-state index contributed by atoms with van der Waals surface area (Å²) in [5.74, 6) is 1.50. The third-order valence-electron chi connectivity index (χ3n) is 3.19. The molecule has 1 aliphatic carbocycles. The summed E-state index contributed by atoms with van der Waals surface area (Å²) in [4.78, 5) is 11.1. The van der Waals surface area contributed by atoms with E-state index in [-0.39, 0.29) is 5.91 Å². The Morgan fingerprint density at radius 2 is 2.17 bits per heavy atom. The number of fused-ring (bicyclic) bond motifs is 1. The Morgan fingerprint density at radius 3 is 3.00 bits per heavy atom. The quantitative estimate of drug-likeness (QED) is 0.544. The zero-order chi connectivity index (χ0) is 8.55. The molecule has 1 saturated heterocycles. The molecule has 0 aromatic rings. The van der Waals surface area contributed by atoms with Crippen LogP contribution in [0.3, 0.4) is 0 Å². The highest BCUT2D eigenvalue weighted by Crippen LogP contribution is 2.33. The molecule has 0 aromatic heterocycles. The van der Waals surface area contributed by atoms with E-state index in [1.807, 2.05) is 0 Å². The fraction of sp³-hybridized carbons (Fsp3) is 0.889. The smallest absolute Gasteiger partial charge is 0.220 e. The highest BCUT2D eigenvalue weighted by atomic mass is 16.1. The van der Waals surface area contributed by atoms with Crippen molar-refractivity contribution in [1.29, 1.82) is 0 Å². The first-order chi connectivity index (χ1) is 5.75. The number of nitrogens with one attached hydrogen (secondary N) is 1. The van der Waals surface area contributed by atoms with Crippen LogP contribution in [0.1, 0.15) is 25.7 Å². The van der Waals surface area contributed by atoms with Crippen molar-refractivity contribution in [2.45, 2.75) is 31.7 Å². The van der Waals surface area contributed by atoms with Crippen LogP contribution in [0, 0.1) is 11.8 Å². The summed E-state index contributed by atoms with van der Waals surface area (Å²) in [7, 11) is 0. The predicted molar refractivity (Wildman–Crippen MR) is 46.4 cm³/mol. The SMILES string of the molecule is N[C@@H]1CC[C@@H]2CNC(=O)C[C@@H]2C1. The second-order valence-corrected chi connectivity index (χ2v) is 4.10. The third-order valence-corrected chi connectivity index (χ3v) is 3.19. The third kappa shape index (κ3) is 1.46. The Hall–Kier alpha value is -0.570. The summed E-state index contributed by atoms with van der Waals surface area (Å²) in [6.45, 7) is 0.885. The van der Waals surface area contributed by atoms with Crippen molar-refractivity contribution in [1.82, 2.24) is 5.32 Å². The number of piperidine rings is 1. The van der Waals surface area contributed by atoms with E-state index in [1.54, 1.807) is 0 Å². The van der Waals surface area contributed by atoms with Gasteiger partial charge in [0.05, 0.1) is 0 Å². The van der Waals surface area contributed by atoms with Crippen molar-refractivity contribution in [2.24, 2.45) is 17.6 Å². The Balaban J connectivity index is 1.99. The first-order valence-corrected chi connectivity index (χ1v) is 4.78. The monoisotopic (exact) mass is 168 g/mol. The second kappa shape index (κ2) is 3.05. The number of carbonyl (C=O) groups excluding carboxylic acids is 1. The van der Waals surface area contributed by atoms with Crippen LogP contribution in [0.15, 0.2) is 0 Å². The Bertz CT molecular complexity index is 193. The molecule has 1 heterocycles. The molecule has 0 unspecified atom stereocenters. The van der Waals surface area contributed by atoms with Gasteiger partial charge in [-0.15, -0.1) is 0 Å². The number of hydrogen-bond donors (Lipinski definition) is 2. The van der Waals surface area contributed by atoms with Gasteiger partial charge in [0.2, 0.25) is 5.91 Å². The van der Waals surface area contributed by atoms with Gasteiger partial charge in [-0.05, 0) is 31.1 Å². The molecule has 68 valence electrons. The second-order valence-electron chi connectivity index (χ2n) is 4.10. The molecule has 0 bridgehead atoms. The fourth-order valence-electron chi connectivity index (χ4n) is 2.44. The van der Waals surface area contributed by atoms with Crippen LogP contribution in [0.5, 0.6) is 0 Å². The van der Waals surface area contributed by atoms with Gasteiger partial charge in [-0.3, -0.25) is 4.79 Å². The maximum atomic E-state index is 11.1. The lowest BCUT2D eigenvalue weighted by atomic mass is 9.74. The molecule has 3 heteroatoms. The van der Waals surface area contributed by atoms with Gasteiger partial charge in [0.1, 0.15) is 0 Å². The van der Waals surface area contributed by atoms with Gasteiger partial charge in [-0.2, -0.15) is 0 Å². The van der Waals surface area contributed by atoms with Gasteiger partial charge in [-0.1, -0.05) is 0 Å². The van der Waals surface area contributed by atoms with Crippen LogP contribution in [0.2, 0.25) is 0 Å². The van der Waals surface area contributed by atoms with Crippen LogP contribution in [0.4, 0.5) is 0 Å². The van der Waals surface area contributed by atoms with Gasteiger partial charge in [-0.25, -0.2) is 0 Å². The molecule has 1 amide bonds. The van der Waals surface area contributed by atoms with E-state index in [1.165, 1.54) is 6.42 Å². The van der Waals surface area contributed by atoms with Crippen LogP contribution in [-0.2, 0) is 4.79 Å². The topological polar surface area (TPSA) is 55.1 Å². The minimum atomic E-state index is 0.213. The van der Waals surface area contributed by atoms with Gasteiger partial charge >= 0.3 is 0 Å². The zero-order valence-corrected chi connectivity index (χ0v) is 7.25. The summed E-state index contributed by atoms with van der Waals surface area (Å²) in [5.41, 5.74) is 5.86. The molecule has 2 fully saturated rings. The van der Waals surface area contributed by atoms with E-state index in [9.17, 15) is 4.79 Å². The summed E-state index contributed by atoms with van der Waals surface area (Å²) in [6.07, 6.45) is 4.10. The lowest BCUT2D eigenvalue weighted by Gasteiger charge is -2.37. The normalized spacial score (nSPS) is 41.8. The van der Waals surface area contributed by atoms with Crippen molar-refractivity contribution in [3.8, 4) is 0 Å². The van der Waals surface area contributed by atoms with Crippen molar-refractivity contribution in [2.75, 3.05) is 6.54 Å². The minimum Gasteiger partial charge on any atom is -0.356 e. The summed E-state index contributed by atoms with van der Waals surface area (Å²) in [6, 6.07) is 0.345. The highest BCUT2D eigenvalue weighted by Gasteiger charge is 2.33. The first-order valence-electron chi connectivity index (χ1n) is 4.78. The Morgan fingerprint density at radius 1 is 1.33 bits per heavy atom. The van der Waals surface area contributed by atoms with Gasteiger partial charge in [0, 0.05) is 19.0 Å². The van der Waals surface area contributed by atoms with E-state index in [0.717, 1.165) is 19.4 Å². The van der Waals surface area contributed by atoms with Crippen molar-refractivity contribution >= 4 is 5.91 Å². The van der Waals surface area contributed by atoms with E-state index >= 15 is 0 Å². The van der Waals surface area contributed by atoms with Crippen LogP contribution in [-0.4, -0.2) is 18.5 Å². The number of carbonyl (C=O) groups is 1. The van der Waals surface area contributed by atoms with Gasteiger partial charge < -0.3 is 11.1 Å². The molecule has 0 radical (unpaired) electrons. The average Bonchev–Trinajstić information content (AvgIpc) is 2.03. The van der Waals surface area contributed by atoms with E-state index in [4.69, 9.17) is 5.73 Å². The van der Waals surface area contributed by atoms with E-state index in [2.05, 4.69) is 5.32 Å². The maximum Gasteiger partial charge on any atom is 0.220 e. The lowest BCUT2D eigenvalue weighted by Crippen LogP contribution is -2.45. The molecule has 3 N–H and O–H groups in total. The summed E-state index contributed by atoms with van der Waals surface area (Å²) in [5, 5.41) is 2.92. The average molecular weight is 168 g/mol. The fourth-order valence-corrected chi connectivity index (χ4v) is 2.44. The molecule has 1 saturated carbocycles. The molecule has 1 aliphatic heterocycles. The van der Waals surface area contributed by atoms with Crippen LogP contribution in [0.25, 0.3) is 0 Å². The summed E-state index contributed by atoms with van der Waals surface area (Å²) < 4.78 is 0. The molecule has 0 aromatic carbocycles. The molecule has 12 heavy (non-hydrogen) atoms. The number of hydrogen-bond acceptors (Lipinski definition) is 2. The molecule has 2 aliphatic rings. The van der Waals surface area contributed by atoms with Crippen molar-refractivity contribution in [3.05, 3.63) is 0 Å². The Labute approximate surface area is 72.7 Å². The molecule has 2 rings (SSSR count). The highest BCUT2D eigenvalue weighted by molar-refractivity contribution is 5.77. The lowest BCUT2D eigenvalue weighted by molar-refractivity contribution is -0.125. The number of amides is 1. The molecule has 3 nitrogen and oxygen atoms in total. The van der Waals surface area contributed by atoms with Gasteiger partial charge in [0.25, 0.3) is 0 Å². The standard InChI is InChI=1S/C9H16N2O/c10-8-2-1-6-5-11-9(12)4-7(6)3-8/h6-8H,1-5,10H2,(H,11,12)/t6-,7+,8-/m1/s1. The zero-order valence-electron chi connectivity index (χ0n) is 7.25. The largest absolute Gasteiger partial charge is 0.356 e. The van der Waals surface area contributed by atoms with E-state index < -0.39 is 0 Å². The summed E-state index contributed by atoms with van der Waals surface area (Å²) >= 11 is 0. The van der Waals surface area contributed by atoms with Gasteiger partial charge in [0.15, 0.2) is 0 Å². The predicted octanol–water partition coefficient (Wildman–Crippen LogP) is 0.250.